The molecule has 0 aromatic carbocycles. The van der Waals surface area contributed by atoms with Gasteiger partial charge in [0.2, 0.25) is 0 Å². The van der Waals surface area contributed by atoms with Gasteiger partial charge in [0, 0.05) is 37.8 Å². The van der Waals surface area contributed by atoms with E-state index in [1.54, 1.807) is 9.80 Å². The number of hydrogen-bond acceptors (Lipinski definition) is 4. The number of ether oxygens (including phenoxy) is 1. The maximum absolute atomic E-state index is 13.3. The first-order valence-corrected chi connectivity index (χ1v) is 9.24. The lowest BCUT2D eigenvalue weighted by Crippen LogP contribution is -2.48. The fraction of sp³-hybridized carbons (Fsp3) is 0.684. The van der Waals surface area contributed by atoms with E-state index in [2.05, 4.69) is 4.98 Å². The summed E-state index contributed by atoms with van der Waals surface area (Å²) in [6.07, 6.45) is -1.20. The van der Waals surface area contributed by atoms with Gasteiger partial charge in [0.1, 0.15) is 5.60 Å². The molecular weight excluding hydrogens is 359 g/mol. The number of nitrogens with zero attached hydrogens (tertiary/aromatic N) is 3. The molecule has 2 aliphatic heterocycles. The van der Waals surface area contributed by atoms with Crippen molar-refractivity contribution in [2.75, 3.05) is 31.1 Å². The lowest BCUT2D eigenvalue weighted by atomic mass is 9.79. The van der Waals surface area contributed by atoms with E-state index in [-0.39, 0.29) is 17.2 Å². The van der Waals surface area contributed by atoms with Gasteiger partial charge in [-0.3, -0.25) is 0 Å². The molecule has 0 aliphatic carbocycles. The van der Waals surface area contributed by atoms with Crippen molar-refractivity contribution in [1.29, 1.82) is 0 Å². The van der Waals surface area contributed by atoms with E-state index in [4.69, 9.17) is 4.74 Å². The van der Waals surface area contributed by atoms with E-state index in [9.17, 15) is 18.0 Å². The zero-order chi connectivity index (χ0) is 19.9. The zero-order valence-electron chi connectivity index (χ0n) is 16.0. The summed E-state index contributed by atoms with van der Waals surface area (Å²) in [4.78, 5) is 19.4. The van der Waals surface area contributed by atoms with Gasteiger partial charge in [-0.05, 0) is 52.2 Å². The molecule has 150 valence electrons. The molecule has 0 bridgehead atoms. The Bertz CT molecular complexity index is 702. The molecule has 0 radical (unpaired) electrons. The summed E-state index contributed by atoms with van der Waals surface area (Å²) < 4.78 is 45.4. The molecule has 3 heterocycles. The summed E-state index contributed by atoms with van der Waals surface area (Å²) in [6, 6.07) is 3.01. The fourth-order valence-corrected chi connectivity index (χ4v) is 4.03. The molecule has 1 aromatic rings. The Morgan fingerprint density at radius 1 is 1.19 bits per heavy atom. The van der Waals surface area contributed by atoms with E-state index in [0.29, 0.717) is 26.2 Å². The molecular formula is C19H26F3N3O2. The van der Waals surface area contributed by atoms with Crippen LogP contribution >= 0.6 is 0 Å². The third kappa shape index (κ3) is 4.47. The summed E-state index contributed by atoms with van der Waals surface area (Å²) in [5.41, 5.74) is -1.49. The van der Waals surface area contributed by atoms with Crippen LogP contribution in [0.1, 0.15) is 45.7 Å². The average Bonchev–Trinajstić information content (AvgIpc) is 2.96. The number of aromatic nitrogens is 1. The lowest BCUT2D eigenvalue weighted by Gasteiger charge is -2.40. The van der Waals surface area contributed by atoms with Crippen molar-refractivity contribution >= 4 is 11.8 Å². The predicted molar refractivity (Wildman–Crippen MR) is 95.5 cm³/mol. The molecule has 0 N–H and O–H groups in total. The minimum absolute atomic E-state index is 0.122. The SMILES string of the molecule is CC(C)(C)OC(=O)N1CCCC2(CCN(c3cccnc3C(F)(F)F)C2)C1. The number of amides is 1. The predicted octanol–water partition coefficient (Wildman–Crippen LogP) is 4.33. The highest BCUT2D eigenvalue weighted by Gasteiger charge is 2.45. The number of piperidine rings is 1. The van der Waals surface area contributed by atoms with Gasteiger partial charge in [-0.1, -0.05) is 0 Å². The lowest BCUT2D eigenvalue weighted by molar-refractivity contribution is -0.140. The number of hydrogen-bond donors (Lipinski definition) is 0. The first-order valence-electron chi connectivity index (χ1n) is 9.24. The molecule has 2 aliphatic rings. The molecule has 5 nitrogen and oxygen atoms in total. The van der Waals surface area contributed by atoms with Crippen LogP contribution < -0.4 is 4.90 Å². The molecule has 0 saturated carbocycles. The highest BCUT2D eigenvalue weighted by atomic mass is 19.4. The molecule has 2 fully saturated rings. The molecule has 3 rings (SSSR count). The summed E-state index contributed by atoms with van der Waals surface area (Å²) in [7, 11) is 0. The first kappa shape index (κ1) is 19.8. The van der Waals surface area contributed by atoms with Crippen molar-refractivity contribution in [2.45, 2.75) is 51.8 Å². The standard InChI is InChI=1S/C19H26F3N3O2/c1-17(2,3)27-16(26)25-10-5-7-18(13-25)8-11-24(12-18)14-6-4-9-23-15(14)19(20,21)22/h4,6,9H,5,7-8,10-13H2,1-3H3. The highest BCUT2D eigenvalue weighted by molar-refractivity contribution is 5.68. The molecule has 27 heavy (non-hydrogen) atoms. The van der Waals surface area contributed by atoms with Crippen LogP contribution in [0.15, 0.2) is 18.3 Å². The third-order valence-corrected chi connectivity index (χ3v) is 5.15. The molecule has 8 heteroatoms. The zero-order valence-corrected chi connectivity index (χ0v) is 16.0. The summed E-state index contributed by atoms with van der Waals surface area (Å²) >= 11 is 0. The van der Waals surface area contributed by atoms with Crippen LogP contribution in [0.4, 0.5) is 23.7 Å². The first-order chi connectivity index (χ1) is 12.5. The van der Waals surface area contributed by atoms with Crippen LogP contribution in [-0.4, -0.2) is 47.8 Å². The Morgan fingerprint density at radius 2 is 1.93 bits per heavy atom. The van der Waals surface area contributed by atoms with Gasteiger partial charge in [0.25, 0.3) is 0 Å². The van der Waals surface area contributed by atoms with Gasteiger partial charge in [-0.25, -0.2) is 9.78 Å². The van der Waals surface area contributed by atoms with Gasteiger partial charge < -0.3 is 14.5 Å². The molecule has 1 unspecified atom stereocenters. The number of carbonyl (C=O) groups is 1. The van der Waals surface area contributed by atoms with Crippen LogP contribution in [0.3, 0.4) is 0 Å². The Kier molecular flexibility index (Phi) is 5.03. The van der Waals surface area contributed by atoms with Crippen LogP contribution in [0.2, 0.25) is 0 Å². The fourth-order valence-electron chi connectivity index (χ4n) is 4.03. The van der Waals surface area contributed by atoms with E-state index >= 15 is 0 Å². The van der Waals surface area contributed by atoms with E-state index in [1.807, 2.05) is 20.8 Å². The minimum Gasteiger partial charge on any atom is -0.444 e. The van der Waals surface area contributed by atoms with Crippen LogP contribution in [0.25, 0.3) is 0 Å². The van der Waals surface area contributed by atoms with Gasteiger partial charge in [0.05, 0.1) is 5.69 Å². The second-order valence-corrected chi connectivity index (χ2v) is 8.55. The van der Waals surface area contributed by atoms with E-state index < -0.39 is 17.5 Å². The van der Waals surface area contributed by atoms with Gasteiger partial charge in [-0.2, -0.15) is 13.2 Å². The monoisotopic (exact) mass is 385 g/mol. The molecule has 1 aromatic heterocycles. The highest BCUT2D eigenvalue weighted by Crippen LogP contribution is 2.43. The summed E-state index contributed by atoms with van der Waals surface area (Å²) in [6.45, 7) is 7.62. The Hall–Kier alpha value is -1.99. The Labute approximate surface area is 157 Å². The normalized spacial score (nSPS) is 23.8. The van der Waals surface area contributed by atoms with Crippen molar-refractivity contribution in [3.05, 3.63) is 24.0 Å². The van der Waals surface area contributed by atoms with Gasteiger partial charge in [0.15, 0.2) is 5.69 Å². The Morgan fingerprint density at radius 3 is 2.59 bits per heavy atom. The second-order valence-electron chi connectivity index (χ2n) is 8.55. The summed E-state index contributed by atoms with van der Waals surface area (Å²) in [5, 5.41) is 0. The molecule has 1 spiro atoms. The Balaban J connectivity index is 1.74. The van der Waals surface area contributed by atoms with E-state index in [1.165, 1.54) is 18.3 Å². The van der Waals surface area contributed by atoms with Gasteiger partial charge >= 0.3 is 12.3 Å². The summed E-state index contributed by atoms with van der Waals surface area (Å²) in [5.74, 6) is 0. The number of alkyl halides is 3. The quantitative estimate of drug-likeness (QED) is 0.722. The van der Waals surface area contributed by atoms with Crippen LogP contribution in [0, 0.1) is 5.41 Å². The minimum atomic E-state index is -4.48. The van der Waals surface area contributed by atoms with Crippen molar-refractivity contribution in [3.8, 4) is 0 Å². The van der Waals surface area contributed by atoms with E-state index in [0.717, 1.165) is 19.3 Å². The number of likely N-dealkylation sites (tertiary alicyclic amines) is 1. The van der Waals surface area contributed by atoms with Gasteiger partial charge in [-0.15, -0.1) is 0 Å². The van der Waals surface area contributed by atoms with Crippen molar-refractivity contribution in [1.82, 2.24) is 9.88 Å². The molecule has 1 amide bonds. The number of pyridine rings is 1. The number of carbonyl (C=O) groups excluding carboxylic acids is 1. The second kappa shape index (κ2) is 6.87. The largest absolute Gasteiger partial charge is 0.444 e. The smallest absolute Gasteiger partial charge is 0.435 e. The maximum atomic E-state index is 13.3. The van der Waals surface area contributed by atoms with Crippen molar-refractivity contribution in [2.24, 2.45) is 5.41 Å². The number of anilines is 1. The average molecular weight is 385 g/mol. The van der Waals surface area contributed by atoms with Crippen LogP contribution in [-0.2, 0) is 10.9 Å². The number of rotatable bonds is 1. The molecule has 2 saturated heterocycles. The third-order valence-electron chi connectivity index (χ3n) is 5.15. The number of halogens is 3. The molecule has 1 atom stereocenters. The topological polar surface area (TPSA) is 45.7 Å². The van der Waals surface area contributed by atoms with Crippen LogP contribution in [0.5, 0.6) is 0 Å². The van der Waals surface area contributed by atoms with Crippen molar-refractivity contribution in [3.63, 3.8) is 0 Å². The van der Waals surface area contributed by atoms with Crippen molar-refractivity contribution < 1.29 is 22.7 Å². The maximum Gasteiger partial charge on any atom is 0.435 e.